The van der Waals surface area contributed by atoms with Crippen LogP contribution in [0.5, 0.6) is 0 Å². The van der Waals surface area contributed by atoms with E-state index in [1.165, 1.54) is 24.2 Å². The molecule has 0 spiro atoms. The first kappa shape index (κ1) is 16.9. The molecule has 1 aromatic heterocycles. The highest BCUT2D eigenvalue weighted by atomic mass is 32.1. The molecular weight excluding hydrogens is 330 g/mol. The summed E-state index contributed by atoms with van der Waals surface area (Å²) in [5.74, 6) is 1.85. The largest absolute Gasteiger partial charge is 0.304 e. The van der Waals surface area contributed by atoms with E-state index in [9.17, 15) is 0 Å². The van der Waals surface area contributed by atoms with E-state index in [1.54, 1.807) is 0 Å². The molecule has 1 aliphatic heterocycles. The third-order valence-electron chi connectivity index (χ3n) is 5.26. The van der Waals surface area contributed by atoms with Gasteiger partial charge in [-0.15, -0.1) is 0 Å². The third-order valence-corrected chi connectivity index (χ3v) is 5.69. The first-order chi connectivity index (χ1) is 12.2. The van der Waals surface area contributed by atoms with Gasteiger partial charge in [0, 0.05) is 45.2 Å². The molecule has 2 fully saturated rings. The van der Waals surface area contributed by atoms with Crippen molar-refractivity contribution in [2.45, 2.75) is 45.4 Å². The summed E-state index contributed by atoms with van der Waals surface area (Å²) in [4.78, 5) is 5.01. The Kier molecular flexibility index (Phi) is 5.01. The molecule has 0 bridgehead atoms. The van der Waals surface area contributed by atoms with Gasteiger partial charge >= 0.3 is 0 Å². The minimum Gasteiger partial charge on any atom is -0.304 e. The van der Waals surface area contributed by atoms with E-state index in [-0.39, 0.29) is 0 Å². The van der Waals surface area contributed by atoms with Gasteiger partial charge in [0.15, 0.2) is 4.77 Å². The van der Waals surface area contributed by atoms with E-state index in [2.05, 4.69) is 51.6 Å². The standard InChI is InChI=1S/C19H27N5S/c1-2-23-18(17-8-9-17)20-24(19(23)25)15-22-12-10-21(11-13-22)14-16-6-4-3-5-7-16/h3-7,17H,2,8-15H2,1H3. The number of piperazine rings is 1. The molecular formula is C19H27N5S. The summed E-state index contributed by atoms with van der Waals surface area (Å²) in [5.41, 5.74) is 1.40. The molecule has 0 amide bonds. The molecule has 6 heteroatoms. The molecule has 2 aromatic rings. The summed E-state index contributed by atoms with van der Waals surface area (Å²) in [6, 6.07) is 10.7. The second-order valence-electron chi connectivity index (χ2n) is 7.18. The van der Waals surface area contributed by atoms with Crippen LogP contribution in [0.3, 0.4) is 0 Å². The zero-order valence-corrected chi connectivity index (χ0v) is 15.8. The molecule has 0 atom stereocenters. The summed E-state index contributed by atoms with van der Waals surface area (Å²) in [6.07, 6.45) is 2.54. The number of hydrogen-bond donors (Lipinski definition) is 0. The fraction of sp³-hybridized carbons (Fsp3) is 0.579. The van der Waals surface area contributed by atoms with Crippen LogP contribution in [-0.2, 0) is 19.8 Å². The maximum Gasteiger partial charge on any atom is 0.199 e. The first-order valence-electron chi connectivity index (χ1n) is 9.40. The summed E-state index contributed by atoms with van der Waals surface area (Å²) >= 11 is 5.66. The summed E-state index contributed by atoms with van der Waals surface area (Å²) < 4.78 is 5.15. The van der Waals surface area contributed by atoms with Gasteiger partial charge in [-0.25, -0.2) is 4.68 Å². The van der Waals surface area contributed by atoms with E-state index < -0.39 is 0 Å². The van der Waals surface area contributed by atoms with Gasteiger partial charge in [0.2, 0.25) is 0 Å². The smallest absolute Gasteiger partial charge is 0.199 e. The van der Waals surface area contributed by atoms with E-state index in [4.69, 9.17) is 17.3 Å². The first-order valence-corrected chi connectivity index (χ1v) is 9.81. The molecule has 0 radical (unpaired) electrons. The second-order valence-corrected chi connectivity index (χ2v) is 7.55. The SMILES string of the molecule is CCn1c(C2CC2)nn(CN2CCN(Cc3ccccc3)CC2)c1=S. The Bertz CT molecular complexity index is 754. The molecule has 1 aliphatic carbocycles. The Morgan fingerprint density at radius 1 is 1.04 bits per heavy atom. The highest BCUT2D eigenvalue weighted by molar-refractivity contribution is 7.71. The van der Waals surface area contributed by atoms with Crippen molar-refractivity contribution < 1.29 is 0 Å². The molecule has 1 aromatic carbocycles. The lowest BCUT2D eigenvalue weighted by Crippen LogP contribution is -2.46. The van der Waals surface area contributed by atoms with Crippen molar-refractivity contribution >= 4 is 12.2 Å². The molecule has 4 rings (SSSR count). The Morgan fingerprint density at radius 3 is 2.36 bits per heavy atom. The molecule has 2 heterocycles. The van der Waals surface area contributed by atoms with Gasteiger partial charge < -0.3 is 4.57 Å². The van der Waals surface area contributed by atoms with Crippen LogP contribution in [0.4, 0.5) is 0 Å². The van der Waals surface area contributed by atoms with Gasteiger partial charge in [0.1, 0.15) is 5.82 Å². The van der Waals surface area contributed by atoms with Crippen LogP contribution in [0, 0.1) is 4.77 Å². The number of hydrogen-bond acceptors (Lipinski definition) is 4. The Labute approximate surface area is 154 Å². The maximum absolute atomic E-state index is 5.66. The van der Waals surface area contributed by atoms with Crippen LogP contribution in [0.25, 0.3) is 0 Å². The van der Waals surface area contributed by atoms with Gasteiger partial charge in [0.25, 0.3) is 0 Å². The topological polar surface area (TPSA) is 29.2 Å². The van der Waals surface area contributed by atoms with Crippen LogP contribution >= 0.6 is 12.2 Å². The summed E-state index contributed by atoms with van der Waals surface area (Å²) in [7, 11) is 0. The van der Waals surface area contributed by atoms with E-state index >= 15 is 0 Å². The van der Waals surface area contributed by atoms with Crippen LogP contribution < -0.4 is 0 Å². The quantitative estimate of drug-likeness (QED) is 0.743. The molecule has 5 nitrogen and oxygen atoms in total. The van der Waals surface area contributed by atoms with Crippen LogP contribution in [0.15, 0.2) is 30.3 Å². The van der Waals surface area contributed by atoms with Gasteiger partial charge in [-0.05, 0) is 37.5 Å². The number of rotatable bonds is 6. The van der Waals surface area contributed by atoms with Crippen molar-refractivity contribution in [2.75, 3.05) is 26.2 Å². The lowest BCUT2D eigenvalue weighted by Gasteiger charge is -2.34. The molecule has 1 saturated carbocycles. The summed E-state index contributed by atoms with van der Waals surface area (Å²) in [6.45, 7) is 9.32. The van der Waals surface area contributed by atoms with Gasteiger partial charge in [-0.1, -0.05) is 30.3 Å². The van der Waals surface area contributed by atoms with E-state index in [0.29, 0.717) is 5.92 Å². The lowest BCUT2D eigenvalue weighted by molar-refractivity contribution is 0.0979. The van der Waals surface area contributed by atoms with Gasteiger partial charge in [-0.2, -0.15) is 5.10 Å². The van der Waals surface area contributed by atoms with Crippen molar-refractivity contribution in [2.24, 2.45) is 0 Å². The predicted octanol–water partition coefficient (Wildman–Crippen LogP) is 3.09. The van der Waals surface area contributed by atoms with Gasteiger partial charge in [-0.3, -0.25) is 9.80 Å². The van der Waals surface area contributed by atoms with Gasteiger partial charge in [0.05, 0.1) is 6.67 Å². The molecule has 134 valence electrons. The number of aromatic nitrogens is 3. The third kappa shape index (κ3) is 3.86. The molecule has 25 heavy (non-hydrogen) atoms. The average Bonchev–Trinajstić information content (AvgIpc) is 3.43. The Balaban J connectivity index is 1.35. The molecule has 1 saturated heterocycles. The van der Waals surface area contributed by atoms with Crippen molar-refractivity contribution in [3.63, 3.8) is 0 Å². The maximum atomic E-state index is 5.66. The number of nitrogens with zero attached hydrogens (tertiary/aromatic N) is 5. The minimum atomic E-state index is 0.644. The van der Waals surface area contributed by atoms with Crippen molar-refractivity contribution in [1.29, 1.82) is 0 Å². The lowest BCUT2D eigenvalue weighted by atomic mass is 10.2. The highest BCUT2D eigenvalue weighted by Crippen LogP contribution is 2.39. The Hall–Kier alpha value is -1.50. The average molecular weight is 358 g/mol. The zero-order valence-electron chi connectivity index (χ0n) is 15.0. The molecule has 0 unspecified atom stereocenters. The van der Waals surface area contributed by atoms with Crippen molar-refractivity contribution in [1.82, 2.24) is 24.1 Å². The predicted molar refractivity (Wildman–Crippen MR) is 102 cm³/mol. The van der Waals surface area contributed by atoms with Crippen LogP contribution in [0.1, 0.15) is 37.1 Å². The van der Waals surface area contributed by atoms with Crippen LogP contribution in [-0.4, -0.2) is 50.3 Å². The number of benzene rings is 1. The second kappa shape index (κ2) is 7.40. The normalized spacial score (nSPS) is 19.4. The van der Waals surface area contributed by atoms with Crippen molar-refractivity contribution in [3.05, 3.63) is 46.5 Å². The fourth-order valence-electron chi connectivity index (χ4n) is 3.61. The zero-order chi connectivity index (χ0) is 17.2. The van der Waals surface area contributed by atoms with E-state index in [1.807, 2.05) is 4.68 Å². The molecule has 2 aliphatic rings. The highest BCUT2D eigenvalue weighted by Gasteiger charge is 2.30. The summed E-state index contributed by atoms with van der Waals surface area (Å²) in [5, 5.41) is 4.84. The van der Waals surface area contributed by atoms with Crippen molar-refractivity contribution in [3.8, 4) is 0 Å². The Morgan fingerprint density at radius 2 is 1.72 bits per heavy atom. The molecule has 0 N–H and O–H groups in total. The van der Waals surface area contributed by atoms with Crippen LogP contribution in [0.2, 0.25) is 0 Å². The monoisotopic (exact) mass is 357 g/mol. The minimum absolute atomic E-state index is 0.644. The van der Waals surface area contributed by atoms with E-state index in [0.717, 1.165) is 50.7 Å². The fourth-order valence-corrected chi connectivity index (χ4v) is 3.93.